The van der Waals surface area contributed by atoms with Crippen LogP contribution in [0.3, 0.4) is 0 Å². The van der Waals surface area contributed by atoms with E-state index in [4.69, 9.17) is 10.8 Å². The average molecular weight is 1610 g/mol. The van der Waals surface area contributed by atoms with Crippen molar-refractivity contribution in [1.29, 1.82) is 0 Å². The minimum absolute atomic E-state index is 0. The van der Waals surface area contributed by atoms with Gasteiger partial charge in [-0.1, -0.05) is 121 Å². The van der Waals surface area contributed by atoms with Crippen LogP contribution in [-0.4, -0.2) is 102 Å². The molecule has 9 nitrogen and oxygen atoms in total. The normalized spacial score (nSPS) is 17.4. The number of likely N-dealkylation sites (N-methyl/N-ethyl adjacent to an activating group) is 2. The molecule has 0 radical (unpaired) electrons. The summed E-state index contributed by atoms with van der Waals surface area (Å²) in [7, 11) is 7.30. The molecule has 0 atom stereocenters. The van der Waals surface area contributed by atoms with Crippen molar-refractivity contribution in [1.82, 2.24) is 24.9 Å². The molecule has 6 rings (SSSR count). The van der Waals surface area contributed by atoms with Crippen LogP contribution in [0.15, 0.2) is 121 Å². The van der Waals surface area contributed by atoms with Gasteiger partial charge in [0, 0.05) is 87.6 Å². The zero-order chi connectivity index (χ0) is 45.5. The third-order valence-corrected chi connectivity index (χ3v) is 10.7. The average Bonchev–Trinajstić information content (AvgIpc) is 3.26. The number of carbonyl (C=O) groups excluding carboxylic acids is 1. The number of carboxylic acids is 1. The molecule has 4 aromatic carbocycles. The molecule has 0 saturated heterocycles. The van der Waals surface area contributed by atoms with Crippen molar-refractivity contribution >= 4 is 135 Å². The summed E-state index contributed by atoms with van der Waals surface area (Å²) in [6, 6.07) is 45.0. The number of carboxylic acid groups (broad SMARTS) is 1. The molecule has 4 aromatic rings. The number of halogens is 8. The molecule has 2 aliphatic carbocycles. The molecule has 0 unspecified atom stereocenters. The van der Waals surface area contributed by atoms with Gasteiger partial charge in [-0.2, -0.15) is 0 Å². The maximum atomic E-state index is 12.1. The van der Waals surface area contributed by atoms with Gasteiger partial charge in [-0.25, -0.2) is 0 Å². The first-order chi connectivity index (χ1) is 29.9. The number of rotatable bonds is 15. The second kappa shape index (κ2) is 42.3. The zero-order valence-electron chi connectivity index (χ0n) is 38.0. The Morgan fingerprint density at radius 2 is 0.846 bits per heavy atom. The van der Waals surface area contributed by atoms with Gasteiger partial charge < -0.3 is 21.1 Å². The molecule has 4 N–H and O–H groups in total. The van der Waals surface area contributed by atoms with Gasteiger partial charge in [0.2, 0.25) is 5.91 Å². The van der Waals surface area contributed by atoms with E-state index in [1.165, 1.54) is 35.1 Å². The molecule has 0 heterocycles. The van der Waals surface area contributed by atoms with Gasteiger partial charge in [-0.3, -0.25) is 24.3 Å². The van der Waals surface area contributed by atoms with E-state index in [1.807, 2.05) is 19.0 Å². The quantitative estimate of drug-likeness (QED) is 0.101. The molecule has 0 spiro atoms. The van der Waals surface area contributed by atoms with Crippen molar-refractivity contribution in [2.24, 2.45) is 5.73 Å². The Kier molecular flexibility index (Phi) is 44.0. The first kappa shape index (κ1) is 67.7. The van der Waals surface area contributed by atoms with Crippen molar-refractivity contribution in [3.05, 3.63) is 144 Å². The van der Waals surface area contributed by atoms with Gasteiger partial charge in [0.1, 0.15) is 0 Å². The number of aliphatic carboxylic acids is 1. The van der Waals surface area contributed by atoms with E-state index in [0.717, 1.165) is 64.7 Å². The maximum Gasteiger partial charge on any atom is 0.0240 e. The fraction of sp³-hybridized carbons (Fsp3) is 0.458. The first-order valence-electron chi connectivity index (χ1n) is 21.2. The summed E-state index contributed by atoms with van der Waals surface area (Å²) in [6.07, 6.45) is 9.14. The van der Waals surface area contributed by atoms with Crippen LogP contribution in [0.5, 0.6) is 0 Å². The fourth-order valence-electron chi connectivity index (χ4n) is 7.78. The molecular formula is C48H71Cl2I6N6O3-. The topological polar surface area (TPSA) is 105 Å². The van der Waals surface area contributed by atoms with Gasteiger partial charge >= 0.3 is 56.5 Å². The number of nitrogens with two attached hydrogens (primary N) is 1. The smallest absolute Gasteiger partial charge is 0.0240 e. The largest absolute Gasteiger partial charge is 0.328 e. The Balaban J connectivity index is 0. The van der Waals surface area contributed by atoms with Gasteiger partial charge in [-0.05, 0) is 102 Å². The number of hydrogen-bond acceptors (Lipinski definition) is 7. The van der Waals surface area contributed by atoms with Gasteiger partial charge in [-0.15, -0.1) is 48.8 Å². The van der Waals surface area contributed by atoms with Crippen LogP contribution in [0.25, 0.3) is 0 Å². The first-order valence-corrected chi connectivity index (χ1v) is 40.0. The van der Waals surface area contributed by atoms with E-state index in [2.05, 4.69) is 211 Å². The second-order valence-electron chi connectivity index (χ2n) is 16.3. The second-order valence-corrected chi connectivity index (χ2v) is 32.6. The van der Waals surface area contributed by atoms with E-state index in [9.17, 15) is 9.59 Å². The van der Waals surface area contributed by atoms with E-state index < -0.39 is 5.97 Å². The van der Waals surface area contributed by atoms with Crippen LogP contribution < -0.4 is 24.3 Å². The summed E-state index contributed by atoms with van der Waals surface area (Å²) >= 11 is 9.54. The summed E-state index contributed by atoms with van der Waals surface area (Å²) in [5, 5.41) is 11.3. The molecule has 2 saturated carbocycles. The molecule has 368 valence electrons. The van der Waals surface area contributed by atoms with Crippen molar-refractivity contribution in [2.75, 3.05) is 41.3 Å². The predicted molar refractivity (Wildman–Crippen MR) is 319 cm³/mol. The third kappa shape index (κ3) is 32.2. The summed E-state index contributed by atoms with van der Waals surface area (Å²) in [5.74, 6) is -0.649. The van der Waals surface area contributed by atoms with Crippen LogP contribution in [0, 0.1) is 0 Å². The molecule has 2 fully saturated rings. The molecule has 2 aliphatic rings. The SMILES string of the molecule is CN(C)CC(=O)NC1CCC(N(Cc2ccccc2)Cc2ccccc2)CC1.CN(C)CC(=O)O.Cl.Cl.I.II.I[I-]I.NC1CCC(N(Cc2ccccc2)Cc2ccccc2)CC1. The van der Waals surface area contributed by atoms with Gasteiger partial charge in [0.05, 0.1) is 13.1 Å². The molecule has 0 aliphatic heterocycles. The molecular weight excluding hydrogens is 1540 g/mol. The van der Waals surface area contributed by atoms with Crippen LogP contribution in [0.1, 0.15) is 73.6 Å². The molecule has 17 heteroatoms. The molecule has 65 heavy (non-hydrogen) atoms. The van der Waals surface area contributed by atoms with Crippen molar-refractivity contribution < 1.29 is 28.0 Å². The Morgan fingerprint density at radius 1 is 0.569 bits per heavy atom. The third-order valence-electron chi connectivity index (χ3n) is 10.7. The van der Waals surface area contributed by atoms with Crippen LogP contribution >= 0.6 is 123 Å². The fourth-order valence-corrected chi connectivity index (χ4v) is 7.78. The number of benzene rings is 4. The van der Waals surface area contributed by atoms with Crippen molar-refractivity contribution in [3.8, 4) is 0 Å². The Labute approximate surface area is 473 Å². The summed E-state index contributed by atoms with van der Waals surface area (Å²) in [5.41, 5.74) is 11.6. The standard InChI is InChI=1S/C24H33N3O.C20H26N2.C4H9NO2.2ClH.I3.I2.HI/c1-26(2)19-24(28)25-22-13-15-23(16-14-22)27(17-20-9-5-3-6-10-20)18-21-11-7-4-8-12-21;21-19-11-13-20(14-12-19)22(15-17-7-3-1-4-8-17)16-18-9-5-2-6-10-18;1-5(2)3-4(6)7;;;1-3-2;1-2;/h3-12,22-23H,13-19H2,1-2H3,(H,25,28);1-10,19-20H,11-16,21H2;3H2,1-2H3,(H,6,7);2*1H;;;1H/q;;;;;-1;;. The predicted octanol–water partition coefficient (Wildman–Crippen LogP) is 9.28. The zero-order valence-corrected chi connectivity index (χ0v) is 52.8. The van der Waals surface area contributed by atoms with E-state index in [1.54, 1.807) is 19.0 Å². The van der Waals surface area contributed by atoms with E-state index in [-0.39, 0.29) is 61.2 Å². The number of amides is 1. The summed E-state index contributed by atoms with van der Waals surface area (Å²) < 4.78 is 0. The Morgan fingerprint density at radius 3 is 1.09 bits per heavy atom. The number of nitrogens with zero attached hydrogens (tertiary/aromatic N) is 4. The van der Waals surface area contributed by atoms with Crippen LogP contribution in [0.2, 0.25) is 0 Å². The van der Waals surface area contributed by atoms with Crippen LogP contribution in [-0.2, 0) is 35.8 Å². The van der Waals surface area contributed by atoms with Crippen LogP contribution in [0.4, 0.5) is 0 Å². The van der Waals surface area contributed by atoms with E-state index >= 15 is 0 Å². The number of carbonyl (C=O) groups is 2. The van der Waals surface area contributed by atoms with Gasteiger partial charge in [0.15, 0.2) is 0 Å². The Bertz CT molecular complexity index is 1640. The minimum atomic E-state index is -0.787. The Hall–Kier alpha value is 0.580. The van der Waals surface area contributed by atoms with E-state index in [0.29, 0.717) is 44.0 Å². The summed E-state index contributed by atoms with van der Waals surface area (Å²) in [4.78, 5) is 30.6. The summed E-state index contributed by atoms with van der Waals surface area (Å²) in [6.45, 7) is 4.56. The van der Waals surface area contributed by atoms with Crippen molar-refractivity contribution in [2.45, 2.75) is 102 Å². The molecule has 0 aromatic heterocycles. The monoisotopic (exact) mass is 1610 g/mol. The van der Waals surface area contributed by atoms with Gasteiger partial charge in [0.25, 0.3) is 0 Å². The maximum absolute atomic E-state index is 12.1. The molecule has 0 bridgehead atoms. The minimum Gasteiger partial charge on any atom is -0.328 e. The number of hydrogen-bond donors (Lipinski definition) is 3. The molecule has 1 amide bonds. The number of nitrogens with one attached hydrogen (secondary N) is 1. The van der Waals surface area contributed by atoms with Crippen molar-refractivity contribution in [3.63, 3.8) is 0 Å².